The Morgan fingerprint density at radius 3 is 2.72 bits per heavy atom. The molecule has 1 fully saturated rings. The molecule has 1 aliphatic heterocycles. The van der Waals surface area contributed by atoms with Crippen molar-refractivity contribution in [3.8, 4) is 0 Å². The Hall–Kier alpha value is -1.56. The van der Waals surface area contributed by atoms with Crippen LogP contribution >= 0.6 is 0 Å². The molecule has 6 heteroatoms. The van der Waals surface area contributed by atoms with Gasteiger partial charge >= 0.3 is 12.1 Å². The molecule has 1 heterocycles. The highest BCUT2D eigenvalue weighted by molar-refractivity contribution is 5.84. The summed E-state index contributed by atoms with van der Waals surface area (Å²) in [5.74, 6) is -1.07. The van der Waals surface area contributed by atoms with Gasteiger partial charge in [0.2, 0.25) is 0 Å². The van der Waals surface area contributed by atoms with Crippen LogP contribution in [0.3, 0.4) is 0 Å². The number of carboxylic acids is 1. The fourth-order valence-electron chi connectivity index (χ4n) is 2.08. The Bertz CT molecular complexity index is 352. The van der Waals surface area contributed by atoms with E-state index in [0.717, 1.165) is 0 Å². The number of amides is 1. The SMILES string of the molecule is C=CCOC(=O)NC1(C(=O)O)CCOC(C)(C)C1. The normalized spacial score (nSPS) is 26.1. The van der Waals surface area contributed by atoms with Gasteiger partial charge in [0, 0.05) is 12.8 Å². The summed E-state index contributed by atoms with van der Waals surface area (Å²) in [5.41, 5.74) is -1.93. The number of ether oxygens (including phenoxy) is 2. The Morgan fingerprint density at radius 1 is 1.56 bits per heavy atom. The van der Waals surface area contributed by atoms with E-state index in [2.05, 4.69) is 11.9 Å². The summed E-state index contributed by atoms with van der Waals surface area (Å²) in [7, 11) is 0. The molecule has 0 radical (unpaired) electrons. The number of rotatable bonds is 4. The first-order valence-electron chi connectivity index (χ1n) is 5.74. The summed E-state index contributed by atoms with van der Waals surface area (Å²) in [6.07, 6.45) is 1.07. The van der Waals surface area contributed by atoms with Crippen LogP contribution in [0.2, 0.25) is 0 Å². The lowest BCUT2D eigenvalue weighted by molar-refractivity contribution is -0.157. The second-order valence-electron chi connectivity index (χ2n) is 4.93. The van der Waals surface area contributed by atoms with Gasteiger partial charge in [-0.3, -0.25) is 0 Å². The zero-order valence-corrected chi connectivity index (χ0v) is 10.7. The largest absolute Gasteiger partial charge is 0.479 e. The predicted octanol–water partition coefficient (Wildman–Crippen LogP) is 1.31. The second kappa shape index (κ2) is 5.39. The standard InChI is InChI=1S/C12H19NO5/c1-4-6-17-10(16)13-12(9(14)15)5-7-18-11(2,3)8-12/h4H,1,5-8H2,2-3H3,(H,13,16)(H,14,15). The van der Waals surface area contributed by atoms with Crippen molar-refractivity contribution >= 4 is 12.1 Å². The molecule has 102 valence electrons. The van der Waals surface area contributed by atoms with Crippen molar-refractivity contribution in [2.45, 2.75) is 37.8 Å². The van der Waals surface area contributed by atoms with Crippen LogP contribution in [0.15, 0.2) is 12.7 Å². The van der Waals surface area contributed by atoms with Crippen LogP contribution in [-0.2, 0) is 14.3 Å². The molecule has 1 aliphatic rings. The number of carboxylic acid groups (broad SMARTS) is 1. The Kier molecular flexibility index (Phi) is 4.34. The molecule has 1 amide bonds. The van der Waals surface area contributed by atoms with Crippen molar-refractivity contribution in [3.63, 3.8) is 0 Å². The van der Waals surface area contributed by atoms with Crippen molar-refractivity contribution in [2.24, 2.45) is 0 Å². The summed E-state index contributed by atoms with van der Waals surface area (Å²) in [4.78, 5) is 22.9. The third-order valence-electron chi connectivity index (χ3n) is 2.83. The molecule has 0 bridgehead atoms. The van der Waals surface area contributed by atoms with E-state index in [9.17, 15) is 14.7 Å². The van der Waals surface area contributed by atoms with Gasteiger partial charge in [0.15, 0.2) is 0 Å². The van der Waals surface area contributed by atoms with E-state index in [0.29, 0.717) is 0 Å². The average molecular weight is 257 g/mol. The predicted molar refractivity (Wildman–Crippen MR) is 64.3 cm³/mol. The molecule has 1 unspecified atom stereocenters. The number of alkyl carbamates (subject to hydrolysis) is 1. The summed E-state index contributed by atoms with van der Waals surface area (Å²) in [6.45, 7) is 7.32. The minimum Gasteiger partial charge on any atom is -0.479 e. The molecule has 6 nitrogen and oxygen atoms in total. The fourth-order valence-corrected chi connectivity index (χ4v) is 2.08. The molecule has 0 aromatic carbocycles. The van der Waals surface area contributed by atoms with Crippen LogP contribution in [0.5, 0.6) is 0 Å². The molecule has 0 aromatic rings. The quantitative estimate of drug-likeness (QED) is 0.742. The molecular weight excluding hydrogens is 238 g/mol. The molecule has 1 atom stereocenters. The Balaban J connectivity index is 2.78. The lowest BCUT2D eigenvalue weighted by atomic mass is 9.81. The zero-order chi connectivity index (χ0) is 13.8. The zero-order valence-electron chi connectivity index (χ0n) is 10.7. The van der Waals surface area contributed by atoms with Gasteiger partial charge in [0.1, 0.15) is 12.1 Å². The van der Waals surface area contributed by atoms with Crippen molar-refractivity contribution in [2.75, 3.05) is 13.2 Å². The van der Waals surface area contributed by atoms with E-state index < -0.39 is 23.2 Å². The highest BCUT2D eigenvalue weighted by Crippen LogP contribution is 2.32. The van der Waals surface area contributed by atoms with Gasteiger partial charge in [-0.15, -0.1) is 0 Å². The van der Waals surface area contributed by atoms with Gasteiger partial charge < -0.3 is 19.9 Å². The van der Waals surface area contributed by atoms with E-state index in [1.54, 1.807) is 13.8 Å². The van der Waals surface area contributed by atoms with Gasteiger partial charge in [-0.05, 0) is 13.8 Å². The number of hydrogen-bond acceptors (Lipinski definition) is 4. The van der Waals surface area contributed by atoms with E-state index >= 15 is 0 Å². The third kappa shape index (κ3) is 3.46. The van der Waals surface area contributed by atoms with Crippen LogP contribution in [-0.4, -0.2) is 41.5 Å². The Labute approximate surface area is 106 Å². The maximum absolute atomic E-state index is 11.5. The Morgan fingerprint density at radius 2 is 2.22 bits per heavy atom. The number of aliphatic carboxylic acids is 1. The smallest absolute Gasteiger partial charge is 0.408 e. The first-order valence-corrected chi connectivity index (χ1v) is 5.74. The summed E-state index contributed by atoms with van der Waals surface area (Å²) in [5, 5.41) is 11.8. The number of nitrogens with one attached hydrogen (secondary N) is 1. The lowest BCUT2D eigenvalue weighted by Crippen LogP contribution is -2.61. The van der Waals surface area contributed by atoms with Gasteiger partial charge in [0.25, 0.3) is 0 Å². The average Bonchev–Trinajstić information content (AvgIpc) is 2.24. The van der Waals surface area contributed by atoms with Crippen molar-refractivity contribution in [1.82, 2.24) is 5.32 Å². The lowest BCUT2D eigenvalue weighted by Gasteiger charge is -2.42. The van der Waals surface area contributed by atoms with Crippen LogP contribution in [0, 0.1) is 0 Å². The second-order valence-corrected chi connectivity index (χ2v) is 4.93. The summed E-state index contributed by atoms with van der Waals surface area (Å²) < 4.78 is 10.2. The topological polar surface area (TPSA) is 84.9 Å². The summed E-state index contributed by atoms with van der Waals surface area (Å²) >= 11 is 0. The first-order chi connectivity index (χ1) is 8.31. The molecule has 0 aliphatic carbocycles. The van der Waals surface area contributed by atoms with Crippen LogP contribution in [0.25, 0.3) is 0 Å². The van der Waals surface area contributed by atoms with E-state index in [4.69, 9.17) is 9.47 Å². The van der Waals surface area contributed by atoms with Gasteiger partial charge in [0.05, 0.1) is 12.2 Å². The summed E-state index contributed by atoms with van der Waals surface area (Å²) in [6, 6.07) is 0. The van der Waals surface area contributed by atoms with Crippen LogP contribution < -0.4 is 5.32 Å². The van der Waals surface area contributed by atoms with E-state index in [-0.39, 0.29) is 26.1 Å². The highest BCUT2D eigenvalue weighted by Gasteiger charge is 2.48. The minimum atomic E-state index is -1.33. The van der Waals surface area contributed by atoms with E-state index in [1.807, 2.05) is 0 Å². The van der Waals surface area contributed by atoms with Crippen molar-refractivity contribution < 1.29 is 24.2 Å². The fraction of sp³-hybridized carbons (Fsp3) is 0.667. The molecular formula is C12H19NO5. The third-order valence-corrected chi connectivity index (χ3v) is 2.83. The monoisotopic (exact) mass is 257 g/mol. The van der Waals surface area contributed by atoms with E-state index in [1.165, 1.54) is 6.08 Å². The molecule has 18 heavy (non-hydrogen) atoms. The van der Waals surface area contributed by atoms with Gasteiger partial charge in [-0.25, -0.2) is 9.59 Å². The number of hydrogen-bond donors (Lipinski definition) is 2. The molecule has 0 saturated carbocycles. The first kappa shape index (κ1) is 14.5. The molecule has 1 saturated heterocycles. The van der Waals surface area contributed by atoms with Gasteiger partial charge in [-0.1, -0.05) is 12.7 Å². The van der Waals surface area contributed by atoms with Crippen molar-refractivity contribution in [1.29, 1.82) is 0 Å². The number of carbonyl (C=O) groups excluding carboxylic acids is 1. The number of carbonyl (C=O) groups is 2. The van der Waals surface area contributed by atoms with Crippen LogP contribution in [0.1, 0.15) is 26.7 Å². The molecule has 2 N–H and O–H groups in total. The molecule has 0 spiro atoms. The maximum Gasteiger partial charge on any atom is 0.408 e. The highest BCUT2D eigenvalue weighted by atomic mass is 16.5. The maximum atomic E-state index is 11.5. The van der Waals surface area contributed by atoms with Crippen LogP contribution in [0.4, 0.5) is 4.79 Å². The molecule has 1 rings (SSSR count). The minimum absolute atomic E-state index is 0.0431. The van der Waals surface area contributed by atoms with Gasteiger partial charge in [-0.2, -0.15) is 0 Å². The van der Waals surface area contributed by atoms with Crippen molar-refractivity contribution in [3.05, 3.63) is 12.7 Å². The molecule has 0 aromatic heterocycles.